The quantitative estimate of drug-likeness (QED) is 0.0185. The molecular weight excluding hydrogens is 679 g/mol. The van der Waals surface area contributed by atoms with Gasteiger partial charge in [0.25, 0.3) is 0 Å². The molecule has 0 fully saturated rings. The van der Waals surface area contributed by atoms with E-state index < -0.39 is 38.6 Å². The summed E-state index contributed by atoms with van der Waals surface area (Å²) in [4.78, 5) is 42.8. The van der Waals surface area contributed by atoms with Crippen LogP contribution in [0.3, 0.4) is 0 Å². The van der Waals surface area contributed by atoms with Crippen molar-refractivity contribution in [2.24, 2.45) is 0 Å². The summed E-state index contributed by atoms with van der Waals surface area (Å²) in [7, 11) is -4.77. The minimum Gasteiger partial charge on any atom is -0.462 e. The maximum Gasteiger partial charge on any atom is 0.469 e. The summed E-state index contributed by atoms with van der Waals surface area (Å²) in [6.07, 6.45) is 40.5. The third kappa shape index (κ3) is 39.4. The number of esters is 2. The van der Waals surface area contributed by atoms with Crippen LogP contribution in [0.15, 0.2) is 36.5 Å². The van der Waals surface area contributed by atoms with Crippen molar-refractivity contribution >= 4 is 19.8 Å². The molecule has 0 radical (unpaired) electrons. The molecule has 0 aromatic heterocycles. The Balaban J connectivity index is 3.95. The summed E-state index contributed by atoms with van der Waals surface area (Å²) < 4.78 is 26.3. The first kappa shape index (κ1) is 50.2. The minimum atomic E-state index is -4.77. The van der Waals surface area contributed by atoms with Gasteiger partial charge >= 0.3 is 19.8 Å². The Kier molecular flexibility index (Phi) is 36.3. The van der Waals surface area contributed by atoms with Crippen LogP contribution in [0.4, 0.5) is 0 Å². The fraction of sp³-hybridized carbons (Fsp3) is 0.810. The predicted molar refractivity (Wildman–Crippen MR) is 213 cm³/mol. The molecule has 0 bridgehead atoms. The Labute approximate surface area is 317 Å². The van der Waals surface area contributed by atoms with Gasteiger partial charge in [-0.1, -0.05) is 179 Å². The van der Waals surface area contributed by atoms with Gasteiger partial charge in [0.2, 0.25) is 0 Å². The van der Waals surface area contributed by atoms with Crippen molar-refractivity contribution in [3.8, 4) is 0 Å². The first-order chi connectivity index (χ1) is 25.2. The van der Waals surface area contributed by atoms with Crippen molar-refractivity contribution in [3.05, 3.63) is 36.5 Å². The molecule has 0 aliphatic heterocycles. The minimum absolute atomic E-state index is 0.167. The molecule has 0 rings (SSSR count). The Morgan fingerprint density at radius 3 is 1.58 bits per heavy atom. The molecule has 304 valence electrons. The van der Waals surface area contributed by atoms with Gasteiger partial charge in [0.05, 0.1) is 12.7 Å². The second-order valence-electron chi connectivity index (χ2n) is 14.1. The largest absolute Gasteiger partial charge is 0.469 e. The molecule has 0 aliphatic rings. The van der Waals surface area contributed by atoms with E-state index in [1.165, 1.54) is 96.3 Å². The molecule has 9 nitrogen and oxygen atoms in total. The molecule has 10 heteroatoms. The lowest BCUT2D eigenvalue weighted by atomic mass is 10.0. The van der Waals surface area contributed by atoms with Crippen LogP contribution in [0.5, 0.6) is 0 Å². The van der Waals surface area contributed by atoms with Gasteiger partial charge in [0.1, 0.15) is 6.61 Å². The van der Waals surface area contributed by atoms with Gasteiger partial charge in [0, 0.05) is 12.8 Å². The Morgan fingerprint density at radius 1 is 0.596 bits per heavy atom. The van der Waals surface area contributed by atoms with Crippen molar-refractivity contribution in [1.29, 1.82) is 0 Å². The number of aliphatic hydroxyl groups excluding tert-OH is 1. The number of phosphoric ester groups is 1. The SMILES string of the molecule is CC/C=C/CC(O)/C=C/C=C/CCCCCCCC(=O)O[C@H](COC(=O)CCCCCCCCCCCCCCCCCCCC)COP(=O)(O)O. The van der Waals surface area contributed by atoms with Gasteiger partial charge in [-0.15, -0.1) is 0 Å². The van der Waals surface area contributed by atoms with Crippen molar-refractivity contribution < 1.29 is 43.0 Å². The van der Waals surface area contributed by atoms with Crippen molar-refractivity contribution in [1.82, 2.24) is 0 Å². The third-order valence-corrected chi connectivity index (χ3v) is 9.49. The van der Waals surface area contributed by atoms with E-state index in [1.807, 2.05) is 24.3 Å². The lowest BCUT2D eigenvalue weighted by Gasteiger charge is -2.18. The first-order valence-corrected chi connectivity index (χ1v) is 22.4. The zero-order chi connectivity index (χ0) is 38.4. The van der Waals surface area contributed by atoms with Crippen LogP contribution < -0.4 is 0 Å². The molecule has 0 aromatic carbocycles. The lowest BCUT2D eigenvalue weighted by molar-refractivity contribution is -0.161. The highest BCUT2D eigenvalue weighted by atomic mass is 31.2. The van der Waals surface area contributed by atoms with E-state index in [2.05, 4.69) is 24.4 Å². The molecule has 0 saturated heterocycles. The van der Waals surface area contributed by atoms with Crippen LogP contribution in [0.1, 0.15) is 194 Å². The van der Waals surface area contributed by atoms with Gasteiger partial charge in [-0.3, -0.25) is 14.1 Å². The van der Waals surface area contributed by atoms with Gasteiger partial charge in [-0.05, 0) is 38.5 Å². The van der Waals surface area contributed by atoms with Crippen LogP contribution in [-0.4, -0.2) is 52.3 Å². The topological polar surface area (TPSA) is 140 Å². The molecule has 0 amide bonds. The number of carbonyl (C=O) groups is 2. The van der Waals surface area contributed by atoms with E-state index in [9.17, 15) is 19.3 Å². The number of hydrogen-bond donors (Lipinski definition) is 3. The Bertz CT molecular complexity index is 959. The molecule has 2 atom stereocenters. The van der Waals surface area contributed by atoms with Crippen LogP contribution in [-0.2, 0) is 28.2 Å². The van der Waals surface area contributed by atoms with Gasteiger partial charge < -0.3 is 24.4 Å². The number of ether oxygens (including phenoxy) is 2. The number of rotatable bonds is 38. The summed E-state index contributed by atoms with van der Waals surface area (Å²) in [6, 6.07) is 0. The molecular formula is C42H77O9P. The number of carbonyl (C=O) groups excluding carboxylic acids is 2. The highest BCUT2D eigenvalue weighted by molar-refractivity contribution is 7.46. The zero-order valence-corrected chi connectivity index (χ0v) is 34.0. The third-order valence-electron chi connectivity index (χ3n) is 9.00. The van der Waals surface area contributed by atoms with Gasteiger partial charge in [-0.25, -0.2) is 4.57 Å². The molecule has 3 N–H and O–H groups in total. The maximum atomic E-state index is 12.4. The molecule has 0 aromatic rings. The summed E-state index contributed by atoms with van der Waals surface area (Å²) in [5.41, 5.74) is 0. The fourth-order valence-electron chi connectivity index (χ4n) is 5.88. The second kappa shape index (κ2) is 37.5. The van der Waals surface area contributed by atoms with Crippen LogP contribution in [0.25, 0.3) is 0 Å². The Hall–Kier alpha value is -1.77. The van der Waals surface area contributed by atoms with Gasteiger partial charge in [0.15, 0.2) is 6.10 Å². The van der Waals surface area contributed by atoms with Crippen molar-refractivity contribution in [2.75, 3.05) is 13.2 Å². The normalized spacial score (nSPS) is 13.4. The second-order valence-corrected chi connectivity index (χ2v) is 15.4. The summed E-state index contributed by atoms with van der Waals surface area (Å²) in [6.45, 7) is 3.47. The van der Waals surface area contributed by atoms with Crippen LogP contribution in [0.2, 0.25) is 0 Å². The van der Waals surface area contributed by atoms with Crippen molar-refractivity contribution in [2.45, 2.75) is 206 Å². The summed E-state index contributed by atoms with van der Waals surface area (Å²) in [5, 5.41) is 9.84. The highest BCUT2D eigenvalue weighted by Gasteiger charge is 2.22. The standard InChI is InChI=1S/C42H77O9P/c1-3-5-7-8-9-10-11-12-13-14-15-16-17-18-21-24-27-31-35-41(44)49-37-40(38-50-52(46,47)48)51-42(45)36-32-28-25-22-19-20-23-26-30-34-39(43)33-29-6-4-2/h6,23,26,29-30,34,39-40,43H,3-5,7-22,24-25,27-28,31-33,35-38H2,1-2H3,(H2,46,47,48)/b26-23+,29-6+,34-30+/t39?,40-/m1/s1. The first-order valence-electron chi connectivity index (χ1n) is 20.9. The highest BCUT2D eigenvalue weighted by Crippen LogP contribution is 2.36. The van der Waals surface area contributed by atoms with E-state index in [-0.39, 0.29) is 19.4 Å². The molecule has 52 heavy (non-hydrogen) atoms. The van der Waals surface area contributed by atoms with E-state index in [0.717, 1.165) is 57.8 Å². The average molecular weight is 757 g/mol. The number of unbranched alkanes of at least 4 members (excludes halogenated alkanes) is 22. The smallest absolute Gasteiger partial charge is 0.462 e. The number of phosphoric acid groups is 1. The number of hydrogen-bond acceptors (Lipinski definition) is 7. The molecule has 0 heterocycles. The summed E-state index contributed by atoms with van der Waals surface area (Å²) >= 11 is 0. The van der Waals surface area contributed by atoms with Crippen LogP contribution >= 0.6 is 7.82 Å². The van der Waals surface area contributed by atoms with Crippen LogP contribution in [0, 0.1) is 0 Å². The average Bonchev–Trinajstić information content (AvgIpc) is 3.11. The predicted octanol–water partition coefficient (Wildman–Crippen LogP) is 11.5. The zero-order valence-electron chi connectivity index (χ0n) is 33.1. The fourth-order valence-corrected chi connectivity index (χ4v) is 6.24. The number of aliphatic hydroxyl groups is 1. The number of allylic oxidation sites excluding steroid dienone is 4. The molecule has 0 spiro atoms. The van der Waals surface area contributed by atoms with E-state index >= 15 is 0 Å². The van der Waals surface area contributed by atoms with E-state index in [1.54, 1.807) is 6.08 Å². The van der Waals surface area contributed by atoms with E-state index in [0.29, 0.717) is 12.8 Å². The molecule has 1 unspecified atom stereocenters. The molecule has 0 aliphatic carbocycles. The monoisotopic (exact) mass is 757 g/mol. The van der Waals surface area contributed by atoms with E-state index in [4.69, 9.17) is 19.3 Å². The Morgan fingerprint density at radius 2 is 1.08 bits per heavy atom. The van der Waals surface area contributed by atoms with Gasteiger partial charge in [-0.2, -0.15) is 0 Å². The molecule has 0 saturated carbocycles. The maximum absolute atomic E-state index is 12.4. The summed E-state index contributed by atoms with van der Waals surface area (Å²) in [5.74, 6) is -0.932. The lowest BCUT2D eigenvalue weighted by Crippen LogP contribution is -2.29. The van der Waals surface area contributed by atoms with Crippen molar-refractivity contribution in [3.63, 3.8) is 0 Å².